The third kappa shape index (κ3) is 20.1. The minimum Gasteiger partial charge on any atom is -0.481 e. The molecule has 0 amide bonds. The largest absolute Gasteiger partial charge is 0.481 e. The van der Waals surface area contributed by atoms with Gasteiger partial charge in [-0.25, -0.2) is 0 Å². The average Bonchev–Trinajstić information content (AvgIpc) is 2.58. The van der Waals surface area contributed by atoms with Crippen LogP contribution < -0.4 is 0 Å². The van der Waals surface area contributed by atoms with E-state index in [0.717, 1.165) is 44.9 Å². The number of aliphatic carboxylic acids is 1. The Morgan fingerprint density at radius 2 is 1.56 bits per heavy atom. The fourth-order valence-electron chi connectivity index (χ4n) is 2.11. The van der Waals surface area contributed by atoms with Crippen molar-refractivity contribution in [3.8, 4) is 0 Å². The molecule has 0 radical (unpaired) electrons. The van der Waals surface area contributed by atoms with Crippen molar-refractivity contribution in [1.29, 1.82) is 0 Å². The van der Waals surface area contributed by atoms with Crippen LogP contribution in [0.5, 0.6) is 0 Å². The van der Waals surface area contributed by atoms with Crippen molar-refractivity contribution in [1.82, 2.24) is 0 Å². The normalized spacial score (nSPS) is 14.0. The Bertz CT molecular complexity index is 456. The van der Waals surface area contributed by atoms with Crippen molar-refractivity contribution in [3.63, 3.8) is 0 Å². The highest BCUT2D eigenvalue weighted by Crippen LogP contribution is 2.04. The summed E-state index contributed by atoms with van der Waals surface area (Å²) in [4.78, 5) is 10.4. The second kappa shape index (κ2) is 18.5. The number of hydrogen-bond donors (Lipinski definition) is 2. The van der Waals surface area contributed by atoms with Gasteiger partial charge in [-0.3, -0.25) is 4.79 Å². The zero-order chi connectivity index (χ0) is 18.6. The summed E-state index contributed by atoms with van der Waals surface area (Å²) in [6, 6.07) is 0. The number of hydrogen-bond acceptors (Lipinski definition) is 2. The summed E-state index contributed by atoms with van der Waals surface area (Å²) < 4.78 is 0. The van der Waals surface area contributed by atoms with Crippen molar-refractivity contribution in [2.24, 2.45) is 0 Å². The predicted octanol–water partition coefficient (Wildman–Crippen LogP) is 5.74. The molecule has 0 saturated carbocycles. The smallest absolute Gasteiger partial charge is 0.303 e. The van der Waals surface area contributed by atoms with E-state index in [-0.39, 0.29) is 6.42 Å². The molecule has 140 valence electrons. The number of carboxylic acid groups (broad SMARTS) is 1. The first kappa shape index (κ1) is 23.1. The molecule has 2 N–H and O–H groups in total. The number of allylic oxidation sites excluding steroid dienone is 8. The van der Waals surface area contributed by atoms with Crippen molar-refractivity contribution in [2.45, 2.75) is 70.8 Å². The molecular weight excluding hydrogens is 312 g/mol. The highest BCUT2D eigenvalue weighted by molar-refractivity contribution is 5.66. The van der Waals surface area contributed by atoms with E-state index in [2.05, 4.69) is 43.4 Å². The van der Waals surface area contributed by atoms with Crippen LogP contribution in [0.15, 0.2) is 60.8 Å². The minimum atomic E-state index is -0.721. The number of aliphatic hydroxyl groups excluding tert-OH is 1. The molecule has 0 saturated heterocycles. The summed E-state index contributed by atoms with van der Waals surface area (Å²) in [5, 5.41) is 18.3. The molecular formula is C22H34O3. The van der Waals surface area contributed by atoms with E-state index in [1.165, 1.54) is 0 Å². The van der Waals surface area contributed by atoms with Crippen LogP contribution in [0.4, 0.5) is 0 Å². The van der Waals surface area contributed by atoms with Gasteiger partial charge < -0.3 is 10.2 Å². The Balaban J connectivity index is 3.63. The molecule has 0 bridgehead atoms. The molecule has 0 heterocycles. The van der Waals surface area contributed by atoms with Gasteiger partial charge in [0.2, 0.25) is 0 Å². The van der Waals surface area contributed by atoms with E-state index in [1.54, 1.807) is 6.08 Å². The number of carbonyl (C=O) groups is 1. The highest BCUT2D eigenvalue weighted by atomic mass is 16.4. The Hall–Kier alpha value is -1.87. The summed E-state index contributed by atoms with van der Waals surface area (Å²) in [6.07, 6.45) is 27.4. The number of aliphatic hydroxyl groups is 1. The lowest BCUT2D eigenvalue weighted by molar-refractivity contribution is -0.137. The van der Waals surface area contributed by atoms with Crippen LogP contribution in [0, 0.1) is 0 Å². The maximum absolute atomic E-state index is 10.4. The molecule has 0 aliphatic carbocycles. The summed E-state index contributed by atoms with van der Waals surface area (Å²) in [5.74, 6) is -0.721. The Kier molecular flexibility index (Phi) is 17.1. The first-order chi connectivity index (χ1) is 12.2. The maximum atomic E-state index is 10.4. The Morgan fingerprint density at radius 1 is 0.880 bits per heavy atom. The zero-order valence-electron chi connectivity index (χ0n) is 15.5. The second-order valence-corrected chi connectivity index (χ2v) is 5.90. The van der Waals surface area contributed by atoms with E-state index in [9.17, 15) is 9.90 Å². The lowest BCUT2D eigenvalue weighted by atomic mass is 10.1. The molecule has 0 aliphatic heterocycles. The second-order valence-electron chi connectivity index (χ2n) is 5.90. The average molecular weight is 347 g/mol. The molecule has 3 nitrogen and oxygen atoms in total. The first-order valence-corrected chi connectivity index (χ1v) is 9.35. The van der Waals surface area contributed by atoms with Crippen LogP contribution in [-0.4, -0.2) is 22.3 Å². The van der Waals surface area contributed by atoms with Crippen LogP contribution in [-0.2, 0) is 4.79 Å². The topological polar surface area (TPSA) is 57.5 Å². The van der Waals surface area contributed by atoms with Gasteiger partial charge in [-0.2, -0.15) is 0 Å². The monoisotopic (exact) mass is 346 g/mol. The Morgan fingerprint density at radius 3 is 2.24 bits per heavy atom. The maximum Gasteiger partial charge on any atom is 0.303 e. The SMILES string of the molecule is CC/C=C/C/C=C/C/C=C/CC(O)/C=C/C=C/CCCCCC(=O)O. The van der Waals surface area contributed by atoms with Gasteiger partial charge in [0, 0.05) is 6.42 Å². The zero-order valence-corrected chi connectivity index (χ0v) is 15.5. The van der Waals surface area contributed by atoms with E-state index in [1.807, 2.05) is 18.2 Å². The summed E-state index contributed by atoms with van der Waals surface area (Å²) in [7, 11) is 0. The van der Waals surface area contributed by atoms with Gasteiger partial charge >= 0.3 is 5.97 Å². The Labute approximate surface area is 153 Å². The molecule has 25 heavy (non-hydrogen) atoms. The molecule has 0 spiro atoms. The third-order valence-corrected chi connectivity index (χ3v) is 3.50. The minimum absolute atomic E-state index is 0.259. The van der Waals surface area contributed by atoms with Crippen molar-refractivity contribution in [3.05, 3.63) is 60.8 Å². The fraction of sp³-hybridized carbons (Fsp3) is 0.500. The highest BCUT2D eigenvalue weighted by Gasteiger charge is 1.95. The van der Waals surface area contributed by atoms with E-state index >= 15 is 0 Å². The molecule has 1 atom stereocenters. The van der Waals surface area contributed by atoms with E-state index in [0.29, 0.717) is 6.42 Å². The first-order valence-electron chi connectivity index (χ1n) is 9.35. The summed E-state index contributed by atoms with van der Waals surface area (Å²) in [5.41, 5.74) is 0. The summed E-state index contributed by atoms with van der Waals surface area (Å²) >= 11 is 0. The quantitative estimate of drug-likeness (QED) is 0.226. The lowest BCUT2D eigenvalue weighted by Gasteiger charge is -1.99. The van der Waals surface area contributed by atoms with Crippen molar-refractivity contribution in [2.75, 3.05) is 0 Å². The fourth-order valence-corrected chi connectivity index (χ4v) is 2.11. The van der Waals surface area contributed by atoms with Gasteiger partial charge in [-0.05, 0) is 44.9 Å². The van der Waals surface area contributed by atoms with Crippen LogP contribution in [0.1, 0.15) is 64.7 Å². The third-order valence-electron chi connectivity index (χ3n) is 3.50. The molecule has 0 rings (SSSR count). The van der Waals surface area contributed by atoms with Crippen LogP contribution in [0.2, 0.25) is 0 Å². The number of unbranched alkanes of at least 4 members (excludes halogenated alkanes) is 3. The molecule has 0 aromatic heterocycles. The molecule has 0 aromatic rings. The molecule has 1 unspecified atom stereocenters. The summed E-state index contributed by atoms with van der Waals surface area (Å²) in [6.45, 7) is 2.13. The molecule has 0 aromatic carbocycles. The van der Waals surface area contributed by atoms with Gasteiger partial charge in [0.25, 0.3) is 0 Å². The number of rotatable bonds is 15. The van der Waals surface area contributed by atoms with Crippen LogP contribution in [0.25, 0.3) is 0 Å². The van der Waals surface area contributed by atoms with Gasteiger partial charge in [-0.15, -0.1) is 0 Å². The van der Waals surface area contributed by atoms with Crippen LogP contribution in [0.3, 0.4) is 0 Å². The van der Waals surface area contributed by atoms with Crippen molar-refractivity contribution >= 4 is 5.97 Å². The van der Waals surface area contributed by atoms with E-state index < -0.39 is 12.1 Å². The van der Waals surface area contributed by atoms with Gasteiger partial charge in [0.05, 0.1) is 6.10 Å². The van der Waals surface area contributed by atoms with E-state index in [4.69, 9.17) is 5.11 Å². The molecule has 3 heteroatoms. The van der Waals surface area contributed by atoms with Gasteiger partial charge in [0.1, 0.15) is 0 Å². The van der Waals surface area contributed by atoms with Crippen LogP contribution >= 0.6 is 0 Å². The van der Waals surface area contributed by atoms with Gasteiger partial charge in [-0.1, -0.05) is 74.1 Å². The molecule has 0 fully saturated rings. The predicted molar refractivity (Wildman–Crippen MR) is 107 cm³/mol. The number of carboxylic acids is 1. The van der Waals surface area contributed by atoms with Crippen molar-refractivity contribution < 1.29 is 15.0 Å². The standard InChI is InChI=1S/C22H34O3/c1-2-3-4-5-6-7-9-12-15-18-21(23)19-16-13-10-8-11-14-17-20-22(24)25/h3-4,6-7,10,12-13,15-16,19,21,23H,2,5,8-9,11,14,17-18,20H2,1H3,(H,24,25)/b4-3+,7-6+,13-10+,15-12+,19-16+. The molecule has 0 aliphatic rings. The lowest BCUT2D eigenvalue weighted by Crippen LogP contribution is -1.98. The van der Waals surface area contributed by atoms with Gasteiger partial charge in [0.15, 0.2) is 0 Å².